The summed E-state index contributed by atoms with van der Waals surface area (Å²) in [5.41, 5.74) is 2.04. The molecule has 7 nitrogen and oxygen atoms in total. The molecular weight excluding hydrogens is 374 g/mol. The van der Waals surface area contributed by atoms with Crippen molar-refractivity contribution >= 4 is 21.8 Å². The molecule has 8 heteroatoms. The molecule has 3 rings (SSSR count). The second kappa shape index (κ2) is 7.18. The summed E-state index contributed by atoms with van der Waals surface area (Å²) in [6.45, 7) is 10.1. The van der Waals surface area contributed by atoms with Crippen LogP contribution in [0, 0.1) is 0 Å². The first-order valence-corrected chi connectivity index (χ1v) is 10.6. The van der Waals surface area contributed by atoms with Crippen LogP contribution in [0.3, 0.4) is 0 Å². The number of hydrogen-bond acceptors (Lipinski definition) is 4. The molecule has 150 valence electrons. The Balaban J connectivity index is 1.97. The van der Waals surface area contributed by atoms with Crippen LogP contribution in [0.1, 0.15) is 50.7 Å². The number of carbonyl (C=O) groups excluding carboxylic acids is 1. The van der Waals surface area contributed by atoms with Crippen LogP contribution in [0.2, 0.25) is 5.04 Å². The zero-order chi connectivity index (χ0) is 20.7. The van der Waals surface area contributed by atoms with Crippen LogP contribution in [0.15, 0.2) is 30.6 Å². The molecule has 0 aliphatic carbocycles. The molecule has 1 aliphatic heterocycles. The summed E-state index contributed by atoms with van der Waals surface area (Å²) in [5, 5.41) is 9.83. The van der Waals surface area contributed by atoms with Crippen LogP contribution in [0.4, 0.5) is 4.79 Å². The van der Waals surface area contributed by atoms with Gasteiger partial charge in [-0.3, -0.25) is 9.78 Å². The number of fused-ring (bicyclic) bond motifs is 1. The molecule has 0 aromatic carbocycles. The fraction of sp³-hybridized carbons (Fsp3) is 0.450. The lowest BCUT2D eigenvalue weighted by Gasteiger charge is -2.43. The Hall–Kier alpha value is -2.45. The molecule has 0 fully saturated rings. The number of pyridine rings is 1. The smallest absolute Gasteiger partial charge is 0.414 e. The Morgan fingerprint density at radius 1 is 1.29 bits per heavy atom. The summed E-state index contributed by atoms with van der Waals surface area (Å²) in [6.07, 6.45) is 2.50. The summed E-state index contributed by atoms with van der Waals surface area (Å²) in [7, 11) is -0.924. The maximum atomic E-state index is 13.0. The van der Waals surface area contributed by atoms with Gasteiger partial charge in [0.2, 0.25) is 0 Å². The SMILES string of the molecule is CC(C)(C)[SiH2]OC(C)(C)C1Cc2[nH]c(-c3ccncc3)cc2C(=O)N1C(=O)O. The molecule has 2 amide bonds. The van der Waals surface area contributed by atoms with Gasteiger partial charge in [0.25, 0.3) is 5.91 Å². The minimum Gasteiger partial charge on any atom is -0.465 e. The second-order valence-electron chi connectivity index (χ2n) is 8.94. The molecule has 28 heavy (non-hydrogen) atoms. The van der Waals surface area contributed by atoms with E-state index in [0.29, 0.717) is 12.0 Å². The van der Waals surface area contributed by atoms with Crippen molar-refractivity contribution in [1.29, 1.82) is 0 Å². The predicted octanol–water partition coefficient (Wildman–Crippen LogP) is 3.22. The van der Waals surface area contributed by atoms with Crippen molar-refractivity contribution in [2.75, 3.05) is 0 Å². The molecule has 2 aromatic rings. The zero-order valence-electron chi connectivity index (χ0n) is 16.9. The lowest BCUT2D eigenvalue weighted by Crippen LogP contribution is -2.59. The number of hydrogen-bond donors (Lipinski definition) is 2. The summed E-state index contributed by atoms with van der Waals surface area (Å²) in [6, 6.07) is 4.81. The van der Waals surface area contributed by atoms with Crippen molar-refractivity contribution in [3.05, 3.63) is 41.9 Å². The minimum absolute atomic E-state index is 0.0656. The summed E-state index contributed by atoms with van der Waals surface area (Å²) >= 11 is 0. The number of carboxylic acid groups (broad SMARTS) is 1. The standard InChI is InChI=1S/C20H27N3O4Si/c1-19(2,3)28-27-20(4,5)16-11-15-13(17(24)23(16)18(25)26)10-14(22-15)12-6-8-21-9-7-12/h6-10,16,22H,11,28H2,1-5H3,(H,25,26). The highest BCUT2D eigenvalue weighted by Gasteiger charge is 2.46. The number of nitrogens with zero attached hydrogens (tertiary/aromatic N) is 2. The van der Waals surface area contributed by atoms with Crippen LogP contribution in [-0.2, 0) is 10.8 Å². The number of aromatic amines is 1. The summed E-state index contributed by atoms with van der Waals surface area (Å²) < 4.78 is 6.23. The lowest BCUT2D eigenvalue weighted by molar-refractivity contribution is 0.00331. The molecule has 0 radical (unpaired) electrons. The third-order valence-corrected chi connectivity index (χ3v) is 6.69. The third-order valence-electron chi connectivity index (χ3n) is 4.93. The van der Waals surface area contributed by atoms with E-state index in [1.54, 1.807) is 18.5 Å². The van der Waals surface area contributed by atoms with E-state index in [1.165, 1.54) is 0 Å². The van der Waals surface area contributed by atoms with Gasteiger partial charge in [-0.15, -0.1) is 0 Å². The third kappa shape index (κ3) is 4.02. The first kappa shape index (κ1) is 20.3. The van der Waals surface area contributed by atoms with Crippen LogP contribution >= 0.6 is 0 Å². The van der Waals surface area contributed by atoms with Crippen LogP contribution in [0.5, 0.6) is 0 Å². The summed E-state index contributed by atoms with van der Waals surface area (Å²) in [5.74, 6) is -0.510. The van der Waals surface area contributed by atoms with E-state index in [9.17, 15) is 14.7 Å². The number of carbonyl (C=O) groups is 2. The van der Waals surface area contributed by atoms with Gasteiger partial charge in [0, 0.05) is 35.8 Å². The molecule has 1 atom stereocenters. The van der Waals surface area contributed by atoms with E-state index >= 15 is 0 Å². The molecule has 0 saturated carbocycles. The largest absolute Gasteiger partial charge is 0.465 e. The monoisotopic (exact) mass is 401 g/mol. The van der Waals surface area contributed by atoms with Crippen molar-refractivity contribution in [2.24, 2.45) is 0 Å². The number of imide groups is 1. The Kier molecular flexibility index (Phi) is 5.20. The molecule has 1 aliphatic rings. The van der Waals surface area contributed by atoms with Gasteiger partial charge in [-0.1, -0.05) is 20.8 Å². The number of aromatic nitrogens is 2. The van der Waals surface area contributed by atoms with E-state index in [4.69, 9.17) is 4.43 Å². The van der Waals surface area contributed by atoms with Gasteiger partial charge >= 0.3 is 6.09 Å². The maximum Gasteiger partial charge on any atom is 0.414 e. The Morgan fingerprint density at radius 3 is 2.50 bits per heavy atom. The van der Waals surface area contributed by atoms with E-state index in [2.05, 4.69) is 30.7 Å². The molecule has 0 saturated heterocycles. The van der Waals surface area contributed by atoms with Gasteiger partial charge in [-0.2, -0.15) is 0 Å². The average molecular weight is 402 g/mol. The number of H-pyrrole nitrogens is 1. The highest BCUT2D eigenvalue weighted by atomic mass is 28.2. The fourth-order valence-electron chi connectivity index (χ4n) is 3.37. The van der Waals surface area contributed by atoms with Gasteiger partial charge < -0.3 is 14.5 Å². The molecular formula is C20H27N3O4Si. The van der Waals surface area contributed by atoms with E-state index in [-0.39, 0.29) is 5.04 Å². The Morgan fingerprint density at radius 2 is 1.93 bits per heavy atom. The molecule has 0 bridgehead atoms. The van der Waals surface area contributed by atoms with Crippen molar-refractivity contribution in [3.8, 4) is 11.3 Å². The normalized spacial score (nSPS) is 18.0. The Bertz CT molecular complexity index is 887. The van der Waals surface area contributed by atoms with E-state index < -0.39 is 33.4 Å². The van der Waals surface area contributed by atoms with Crippen LogP contribution < -0.4 is 0 Å². The molecule has 1 unspecified atom stereocenters. The Labute approximate surface area is 167 Å². The first-order valence-electron chi connectivity index (χ1n) is 9.32. The highest BCUT2D eigenvalue weighted by Crippen LogP contribution is 2.34. The van der Waals surface area contributed by atoms with Gasteiger partial charge in [0.1, 0.15) is 0 Å². The van der Waals surface area contributed by atoms with E-state index in [1.807, 2.05) is 26.0 Å². The van der Waals surface area contributed by atoms with Crippen molar-refractivity contribution < 1.29 is 19.1 Å². The van der Waals surface area contributed by atoms with Gasteiger partial charge in [-0.05, 0) is 37.1 Å². The van der Waals surface area contributed by atoms with Crippen LogP contribution in [0.25, 0.3) is 11.3 Å². The van der Waals surface area contributed by atoms with Crippen molar-refractivity contribution in [2.45, 2.75) is 57.7 Å². The zero-order valence-corrected chi connectivity index (χ0v) is 18.4. The minimum atomic E-state index is -1.25. The maximum absolute atomic E-state index is 13.0. The number of rotatable bonds is 4. The van der Waals surface area contributed by atoms with Crippen molar-refractivity contribution in [3.63, 3.8) is 0 Å². The predicted molar refractivity (Wildman–Crippen MR) is 109 cm³/mol. The average Bonchev–Trinajstić information content (AvgIpc) is 3.04. The van der Waals surface area contributed by atoms with Gasteiger partial charge in [0.05, 0.1) is 17.2 Å². The van der Waals surface area contributed by atoms with Gasteiger partial charge in [-0.25, -0.2) is 9.69 Å². The topological polar surface area (TPSA) is 95.5 Å². The lowest BCUT2D eigenvalue weighted by atomic mass is 9.88. The fourth-order valence-corrected chi connectivity index (χ4v) is 4.37. The second-order valence-corrected chi connectivity index (χ2v) is 11.6. The van der Waals surface area contributed by atoms with E-state index in [0.717, 1.165) is 21.9 Å². The number of amides is 2. The summed E-state index contributed by atoms with van der Waals surface area (Å²) in [4.78, 5) is 33.2. The molecule has 3 heterocycles. The molecule has 2 N–H and O–H groups in total. The van der Waals surface area contributed by atoms with Gasteiger partial charge in [0.15, 0.2) is 9.76 Å². The molecule has 2 aromatic heterocycles. The highest BCUT2D eigenvalue weighted by molar-refractivity contribution is 6.31. The molecule has 0 spiro atoms. The first-order chi connectivity index (χ1) is 13.0. The van der Waals surface area contributed by atoms with Crippen molar-refractivity contribution in [1.82, 2.24) is 14.9 Å². The quantitative estimate of drug-likeness (QED) is 0.767. The number of nitrogens with one attached hydrogen (secondary N) is 1. The van der Waals surface area contributed by atoms with Crippen LogP contribution in [-0.4, -0.2) is 53.4 Å².